The molecule has 0 saturated heterocycles. The van der Waals surface area contributed by atoms with E-state index in [-0.39, 0.29) is 18.1 Å². The van der Waals surface area contributed by atoms with E-state index in [1.807, 2.05) is 49.6 Å². The highest BCUT2D eigenvalue weighted by atomic mass is 32.1. The number of carbonyl (C=O) groups is 1. The minimum atomic E-state index is -0.187. The Bertz CT molecular complexity index is 564. The first kappa shape index (κ1) is 15.5. The van der Waals surface area contributed by atoms with Crippen LogP contribution in [0.25, 0.3) is 0 Å². The van der Waals surface area contributed by atoms with Crippen LogP contribution in [0.5, 0.6) is 0 Å². The van der Waals surface area contributed by atoms with Crippen molar-refractivity contribution in [3.05, 3.63) is 52.2 Å². The summed E-state index contributed by atoms with van der Waals surface area (Å²) in [7, 11) is 0. The van der Waals surface area contributed by atoms with E-state index in [4.69, 9.17) is 5.73 Å². The van der Waals surface area contributed by atoms with E-state index >= 15 is 0 Å². The zero-order chi connectivity index (χ0) is 15.2. The van der Waals surface area contributed by atoms with Gasteiger partial charge in [-0.2, -0.15) is 0 Å². The van der Waals surface area contributed by atoms with Crippen LogP contribution < -0.4 is 16.4 Å². The SMILES string of the molecule is CC(Cc1cccs1)NC(=O)Nc1ccc(C(C)N)cc1. The van der Waals surface area contributed by atoms with Gasteiger partial charge >= 0.3 is 6.03 Å². The molecule has 1 heterocycles. The molecule has 0 spiro atoms. The molecule has 4 nitrogen and oxygen atoms in total. The van der Waals surface area contributed by atoms with Gasteiger partial charge in [0.05, 0.1) is 0 Å². The molecule has 21 heavy (non-hydrogen) atoms. The number of urea groups is 1. The largest absolute Gasteiger partial charge is 0.335 e. The molecule has 2 rings (SSSR count). The number of nitrogens with one attached hydrogen (secondary N) is 2. The van der Waals surface area contributed by atoms with Crippen LogP contribution in [-0.4, -0.2) is 12.1 Å². The van der Waals surface area contributed by atoms with E-state index in [1.54, 1.807) is 11.3 Å². The van der Waals surface area contributed by atoms with Crippen molar-refractivity contribution in [1.29, 1.82) is 0 Å². The number of amides is 2. The topological polar surface area (TPSA) is 67.2 Å². The van der Waals surface area contributed by atoms with Gasteiger partial charge in [-0.1, -0.05) is 18.2 Å². The average molecular weight is 303 g/mol. The number of carbonyl (C=O) groups excluding carboxylic acids is 1. The standard InChI is InChI=1S/C16H21N3OS/c1-11(10-15-4-3-9-21-15)18-16(20)19-14-7-5-13(6-8-14)12(2)17/h3-9,11-12H,10,17H2,1-2H3,(H2,18,19,20). The van der Waals surface area contributed by atoms with Crippen molar-refractivity contribution in [1.82, 2.24) is 5.32 Å². The van der Waals surface area contributed by atoms with Crippen molar-refractivity contribution < 1.29 is 4.79 Å². The number of nitrogens with two attached hydrogens (primary N) is 1. The van der Waals surface area contributed by atoms with Crippen molar-refractivity contribution in [2.75, 3.05) is 5.32 Å². The Balaban J connectivity index is 1.83. The van der Waals surface area contributed by atoms with Crippen molar-refractivity contribution in [3.8, 4) is 0 Å². The van der Waals surface area contributed by atoms with Crippen LogP contribution in [0.4, 0.5) is 10.5 Å². The lowest BCUT2D eigenvalue weighted by Gasteiger charge is -2.14. The minimum absolute atomic E-state index is 0.00121. The molecular formula is C16H21N3OS. The fraction of sp³-hybridized carbons (Fsp3) is 0.312. The van der Waals surface area contributed by atoms with Gasteiger partial charge in [-0.3, -0.25) is 0 Å². The monoisotopic (exact) mass is 303 g/mol. The second-order valence-corrected chi connectivity index (χ2v) is 6.23. The van der Waals surface area contributed by atoms with Gasteiger partial charge in [0.2, 0.25) is 0 Å². The maximum absolute atomic E-state index is 11.9. The lowest BCUT2D eigenvalue weighted by Crippen LogP contribution is -2.37. The molecule has 0 fully saturated rings. The smallest absolute Gasteiger partial charge is 0.319 e. The summed E-state index contributed by atoms with van der Waals surface area (Å²) >= 11 is 1.70. The summed E-state index contributed by atoms with van der Waals surface area (Å²) in [4.78, 5) is 13.2. The number of hydrogen-bond acceptors (Lipinski definition) is 3. The zero-order valence-corrected chi connectivity index (χ0v) is 13.1. The normalized spacial score (nSPS) is 13.5. The molecule has 2 atom stereocenters. The molecule has 0 aliphatic rings. The highest BCUT2D eigenvalue weighted by Gasteiger charge is 2.09. The van der Waals surface area contributed by atoms with E-state index in [2.05, 4.69) is 16.7 Å². The maximum Gasteiger partial charge on any atom is 0.319 e. The Morgan fingerprint density at radius 3 is 2.52 bits per heavy atom. The van der Waals surface area contributed by atoms with Crippen LogP contribution >= 0.6 is 11.3 Å². The zero-order valence-electron chi connectivity index (χ0n) is 12.3. The van der Waals surface area contributed by atoms with E-state index in [1.165, 1.54) is 4.88 Å². The van der Waals surface area contributed by atoms with Gasteiger partial charge in [0.15, 0.2) is 0 Å². The van der Waals surface area contributed by atoms with Crippen LogP contribution in [0.15, 0.2) is 41.8 Å². The van der Waals surface area contributed by atoms with Crippen molar-refractivity contribution in [2.45, 2.75) is 32.4 Å². The molecule has 0 radical (unpaired) electrons. The van der Waals surface area contributed by atoms with E-state index in [0.29, 0.717) is 0 Å². The molecule has 1 aromatic heterocycles. The van der Waals surface area contributed by atoms with Crippen LogP contribution in [0, 0.1) is 0 Å². The first-order valence-electron chi connectivity index (χ1n) is 7.00. The molecule has 2 aromatic rings. The molecule has 1 aromatic carbocycles. The highest BCUT2D eigenvalue weighted by molar-refractivity contribution is 7.09. The summed E-state index contributed by atoms with van der Waals surface area (Å²) < 4.78 is 0. The lowest BCUT2D eigenvalue weighted by molar-refractivity contribution is 0.249. The van der Waals surface area contributed by atoms with Crippen LogP contribution in [0.2, 0.25) is 0 Å². The molecule has 0 aliphatic heterocycles. The number of anilines is 1. The Labute approximate surface area is 129 Å². The molecule has 2 unspecified atom stereocenters. The first-order valence-corrected chi connectivity index (χ1v) is 7.88. The van der Waals surface area contributed by atoms with Crippen molar-refractivity contribution >= 4 is 23.1 Å². The Morgan fingerprint density at radius 1 is 1.24 bits per heavy atom. The van der Waals surface area contributed by atoms with Gasteiger partial charge in [0.1, 0.15) is 0 Å². The van der Waals surface area contributed by atoms with Crippen molar-refractivity contribution in [2.24, 2.45) is 5.73 Å². The summed E-state index contributed by atoms with van der Waals surface area (Å²) in [6.07, 6.45) is 0.842. The number of benzene rings is 1. The molecule has 0 saturated carbocycles. The number of hydrogen-bond donors (Lipinski definition) is 3. The van der Waals surface area contributed by atoms with Crippen LogP contribution in [0.1, 0.15) is 30.3 Å². The summed E-state index contributed by atoms with van der Waals surface area (Å²) in [5.74, 6) is 0. The summed E-state index contributed by atoms with van der Waals surface area (Å²) in [5, 5.41) is 7.81. The van der Waals surface area contributed by atoms with E-state index in [0.717, 1.165) is 17.7 Å². The van der Waals surface area contributed by atoms with Gasteiger partial charge in [-0.05, 0) is 43.0 Å². The first-order chi connectivity index (χ1) is 10.0. The maximum atomic E-state index is 11.9. The van der Waals surface area contributed by atoms with Gasteiger partial charge < -0.3 is 16.4 Å². The second-order valence-electron chi connectivity index (χ2n) is 5.19. The van der Waals surface area contributed by atoms with Gasteiger partial charge in [0.25, 0.3) is 0 Å². The lowest BCUT2D eigenvalue weighted by atomic mass is 10.1. The third-order valence-electron chi connectivity index (χ3n) is 3.16. The fourth-order valence-corrected chi connectivity index (χ4v) is 2.88. The summed E-state index contributed by atoms with van der Waals surface area (Å²) in [6.45, 7) is 3.93. The van der Waals surface area contributed by atoms with Gasteiger partial charge in [0, 0.05) is 29.1 Å². The molecular weight excluding hydrogens is 282 g/mol. The summed E-state index contributed by atoms with van der Waals surface area (Å²) in [6, 6.07) is 11.6. The number of thiophene rings is 1. The Hall–Kier alpha value is -1.85. The Morgan fingerprint density at radius 2 is 1.95 bits per heavy atom. The predicted molar refractivity (Wildman–Crippen MR) is 88.7 cm³/mol. The quantitative estimate of drug-likeness (QED) is 0.791. The highest BCUT2D eigenvalue weighted by Crippen LogP contribution is 2.14. The molecule has 2 amide bonds. The molecule has 112 valence electrons. The van der Waals surface area contributed by atoms with E-state index < -0.39 is 0 Å². The fourth-order valence-electron chi connectivity index (χ4n) is 2.04. The summed E-state index contributed by atoms with van der Waals surface area (Å²) in [5.41, 5.74) is 7.61. The molecule has 0 aliphatic carbocycles. The minimum Gasteiger partial charge on any atom is -0.335 e. The Kier molecular flexibility index (Phi) is 5.36. The van der Waals surface area contributed by atoms with Gasteiger partial charge in [-0.15, -0.1) is 11.3 Å². The molecule has 4 N–H and O–H groups in total. The number of rotatable bonds is 5. The third-order valence-corrected chi connectivity index (χ3v) is 4.06. The van der Waals surface area contributed by atoms with Crippen LogP contribution in [-0.2, 0) is 6.42 Å². The van der Waals surface area contributed by atoms with Crippen LogP contribution in [0.3, 0.4) is 0 Å². The predicted octanol–water partition coefficient (Wildman–Crippen LogP) is 3.52. The van der Waals surface area contributed by atoms with Crippen molar-refractivity contribution in [3.63, 3.8) is 0 Å². The molecule has 5 heteroatoms. The van der Waals surface area contributed by atoms with E-state index in [9.17, 15) is 4.79 Å². The third kappa shape index (κ3) is 4.88. The molecule has 0 bridgehead atoms. The second kappa shape index (κ2) is 7.24. The van der Waals surface area contributed by atoms with Gasteiger partial charge in [-0.25, -0.2) is 4.79 Å². The average Bonchev–Trinajstić information content (AvgIpc) is 2.91.